The van der Waals surface area contributed by atoms with E-state index >= 15 is 0 Å². The minimum atomic E-state index is -3.82. The van der Waals surface area contributed by atoms with Gasteiger partial charge in [0, 0.05) is 6.54 Å². The van der Waals surface area contributed by atoms with Gasteiger partial charge in [0.2, 0.25) is 10.0 Å². The highest BCUT2D eigenvalue weighted by Crippen LogP contribution is 2.33. The Morgan fingerprint density at radius 2 is 1.86 bits per heavy atom. The molecule has 1 aromatic carbocycles. The molecule has 1 aromatic rings. The number of rotatable bonds is 4. The standard InChI is InChI=1S/C15H21NO5S/c1-10-8-13(20-3)14(9-11(10)2)22(18,19)16-7-5-6-12(16)15(17)21-4/h8-9,12H,5-7H2,1-4H3. The summed E-state index contributed by atoms with van der Waals surface area (Å²) in [5.41, 5.74) is 1.80. The summed E-state index contributed by atoms with van der Waals surface area (Å²) in [6.45, 7) is 4.04. The van der Waals surface area contributed by atoms with Crippen LogP contribution in [-0.2, 0) is 19.6 Å². The molecule has 7 heteroatoms. The fraction of sp³-hybridized carbons (Fsp3) is 0.533. The van der Waals surface area contributed by atoms with Crippen molar-refractivity contribution in [2.45, 2.75) is 37.6 Å². The quantitative estimate of drug-likeness (QED) is 0.786. The average molecular weight is 327 g/mol. The van der Waals surface area contributed by atoms with E-state index in [-0.39, 0.29) is 4.90 Å². The maximum atomic E-state index is 12.9. The summed E-state index contributed by atoms with van der Waals surface area (Å²) in [6, 6.07) is 2.53. The Kier molecular flexibility index (Phi) is 4.77. The van der Waals surface area contributed by atoms with Crippen LogP contribution >= 0.6 is 0 Å². The summed E-state index contributed by atoms with van der Waals surface area (Å²) in [5, 5.41) is 0. The molecule has 1 heterocycles. The third-order valence-electron chi connectivity index (χ3n) is 4.04. The smallest absolute Gasteiger partial charge is 0.324 e. The molecule has 1 unspecified atom stereocenters. The number of nitrogens with zero attached hydrogens (tertiary/aromatic N) is 1. The first-order chi connectivity index (χ1) is 10.3. The predicted octanol–water partition coefficient (Wildman–Crippen LogP) is 1.64. The van der Waals surface area contributed by atoms with Crippen LogP contribution in [0.5, 0.6) is 5.75 Å². The highest BCUT2D eigenvalue weighted by Gasteiger charge is 2.41. The summed E-state index contributed by atoms with van der Waals surface area (Å²) in [5.74, 6) is -0.234. The van der Waals surface area contributed by atoms with E-state index in [9.17, 15) is 13.2 Å². The van der Waals surface area contributed by atoms with Gasteiger partial charge in [-0.15, -0.1) is 0 Å². The number of sulfonamides is 1. The topological polar surface area (TPSA) is 72.9 Å². The van der Waals surface area contributed by atoms with Gasteiger partial charge in [0.25, 0.3) is 0 Å². The van der Waals surface area contributed by atoms with E-state index in [0.717, 1.165) is 11.1 Å². The van der Waals surface area contributed by atoms with Crippen LogP contribution in [0.3, 0.4) is 0 Å². The second kappa shape index (κ2) is 6.26. The minimum Gasteiger partial charge on any atom is -0.495 e. The van der Waals surface area contributed by atoms with Crippen molar-refractivity contribution >= 4 is 16.0 Å². The number of hydrogen-bond acceptors (Lipinski definition) is 5. The van der Waals surface area contributed by atoms with Crippen molar-refractivity contribution < 1.29 is 22.7 Å². The maximum absolute atomic E-state index is 12.9. The summed E-state index contributed by atoms with van der Waals surface area (Å²) in [4.78, 5) is 11.9. The highest BCUT2D eigenvalue weighted by molar-refractivity contribution is 7.89. The lowest BCUT2D eigenvalue weighted by Gasteiger charge is -2.23. The molecule has 1 fully saturated rings. The Labute approximate surface area is 131 Å². The van der Waals surface area contributed by atoms with Gasteiger partial charge < -0.3 is 9.47 Å². The molecule has 0 aliphatic carbocycles. The third kappa shape index (κ3) is 2.83. The fourth-order valence-corrected chi connectivity index (χ4v) is 4.52. The van der Waals surface area contributed by atoms with E-state index in [4.69, 9.17) is 9.47 Å². The molecule has 0 aromatic heterocycles. The summed E-state index contributed by atoms with van der Waals surface area (Å²) in [7, 11) is -1.12. The number of carbonyl (C=O) groups is 1. The van der Waals surface area contributed by atoms with Crippen LogP contribution in [-0.4, -0.2) is 45.5 Å². The van der Waals surface area contributed by atoms with Crippen LogP contribution in [0.2, 0.25) is 0 Å². The zero-order chi connectivity index (χ0) is 16.5. The first kappa shape index (κ1) is 16.8. The van der Waals surface area contributed by atoms with E-state index < -0.39 is 22.0 Å². The lowest BCUT2D eigenvalue weighted by atomic mass is 10.1. The van der Waals surface area contributed by atoms with Crippen LogP contribution < -0.4 is 4.74 Å². The minimum absolute atomic E-state index is 0.0916. The Morgan fingerprint density at radius 3 is 2.45 bits per heavy atom. The molecule has 0 radical (unpaired) electrons. The Bertz CT molecular complexity index is 683. The third-order valence-corrected chi connectivity index (χ3v) is 5.97. The monoisotopic (exact) mass is 327 g/mol. The molecule has 0 spiro atoms. The van der Waals surface area contributed by atoms with Crippen molar-refractivity contribution in [3.63, 3.8) is 0 Å². The molecule has 0 bridgehead atoms. The summed E-state index contributed by atoms with van der Waals surface area (Å²) >= 11 is 0. The van der Waals surface area contributed by atoms with Gasteiger partial charge in [-0.2, -0.15) is 4.31 Å². The molecule has 1 aliphatic rings. The lowest BCUT2D eigenvalue weighted by molar-refractivity contribution is -0.144. The van der Waals surface area contributed by atoms with Crippen LogP contribution in [0, 0.1) is 13.8 Å². The van der Waals surface area contributed by atoms with Crippen LogP contribution in [0.15, 0.2) is 17.0 Å². The van der Waals surface area contributed by atoms with Gasteiger partial charge in [0.05, 0.1) is 14.2 Å². The zero-order valence-corrected chi connectivity index (χ0v) is 14.1. The molecule has 0 amide bonds. The van der Waals surface area contributed by atoms with E-state index in [1.165, 1.54) is 18.5 Å². The second-order valence-electron chi connectivity index (χ2n) is 5.38. The Balaban J connectivity index is 2.51. The summed E-state index contributed by atoms with van der Waals surface area (Å²) in [6.07, 6.45) is 1.10. The number of methoxy groups -OCH3 is 2. The molecule has 0 N–H and O–H groups in total. The number of esters is 1. The van der Waals surface area contributed by atoms with E-state index in [1.54, 1.807) is 12.1 Å². The Morgan fingerprint density at radius 1 is 1.23 bits per heavy atom. The van der Waals surface area contributed by atoms with E-state index in [0.29, 0.717) is 25.1 Å². The van der Waals surface area contributed by atoms with Gasteiger partial charge in [0.1, 0.15) is 16.7 Å². The lowest BCUT2D eigenvalue weighted by Crippen LogP contribution is -2.41. The molecule has 0 saturated carbocycles. The van der Waals surface area contributed by atoms with E-state index in [2.05, 4.69) is 0 Å². The van der Waals surface area contributed by atoms with Crippen molar-refractivity contribution in [1.82, 2.24) is 4.31 Å². The van der Waals surface area contributed by atoms with E-state index in [1.807, 2.05) is 13.8 Å². The highest BCUT2D eigenvalue weighted by atomic mass is 32.2. The second-order valence-corrected chi connectivity index (χ2v) is 7.24. The van der Waals surface area contributed by atoms with Gasteiger partial charge in [-0.25, -0.2) is 8.42 Å². The van der Waals surface area contributed by atoms with Crippen LogP contribution in [0.1, 0.15) is 24.0 Å². The zero-order valence-electron chi connectivity index (χ0n) is 13.3. The normalized spacial score (nSPS) is 19.2. The SMILES string of the molecule is COC(=O)C1CCCN1S(=O)(=O)c1cc(C)c(C)cc1OC. The molecule has 22 heavy (non-hydrogen) atoms. The molecule has 2 rings (SSSR count). The van der Waals surface area contributed by atoms with Gasteiger partial charge in [-0.3, -0.25) is 4.79 Å². The largest absolute Gasteiger partial charge is 0.495 e. The fourth-order valence-electron chi connectivity index (χ4n) is 2.65. The van der Waals surface area contributed by atoms with Crippen molar-refractivity contribution in [2.75, 3.05) is 20.8 Å². The van der Waals surface area contributed by atoms with Crippen molar-refractivity contribution in [1.29, 1.82) is 0 Å². The number of hydrogen-bond donors (Lipinski definition) is 0. The number of benzene rings is 1. The molecular formula is C15H21NO5S. The predicted molar refractivity (Wildman–Crippen MR) is 81.4 cm³/mol. The van der Waals surface area contributed by atoms with Gasteiger partial charge >= 0.3 is 5.97 Å². The van der Waals surface area contributed by atoms with Crippen molar-refractivity contribution in [2.24, 2.45) is 0 Å². The van der Waals surface area contributed by atoms with Gasteiger partial charge in [0.15, 0.2) is 0 Å². The van der Waals surface area contributed by atoms with Crippen molar-refractivity contribution in [3.8, 4) is 5.75 Å². The maximum Gasteiger partial charge on any atom is 0.324 e. The number of ether oxygens (including phenoxy) is 2. The molecule has 1 aliphatic heterocycles. The summed E-state index contributed by atoms with van der Waals surface area (Å²) < 4.78 is 37.1. The average Bonchev–Trinajstić information content (AvgIpc) is 2.98. The molecule has 1 saturated heterocycles. The van der Waals surface area contributed by atoms with Crippen LogP contribution in [0.25, 0.3) is 0 Å². The van der Waals surface area contributed by atoms with Gasteiger partial charge in [-0.05, 0) is 49.9 Å². The number of carbonyl (C=O) groups excluding carboxylic acids is 1. The molecular weight excluding hydrogens is 306 g/mol. The van der Waals surface area contributed by atoms with Crippen molar-refractivity contribution in [3.05, 3.63) is 23.3 Å². The van der Waals surface area contributed by atoms with Gasteiger partial charge in [-0.1, -0.05) is 0 Å². The molecule has 122 valence electrons. The first-order valence-corrected chi connectivity index (χ1v) is 8.52. The Hall–Kier alpha value is -1.60. The number of aryl methyl sites for hydroxylation is 2. The molecule has 6 nitrogen and oxygen atoms in total. The van der Waals surface area contributed by atoms with Crippen LogP contribution in [0.4, 0.5) is 0 Å². The molecule has 1 atom stereocenters. The first-order valence-electron chi connectivity index (χ1n) is 7.07.